The Labute approximate surface area is 162 Å². The smallest absolute Gasteiger partial charge is 0.267 e. The molecular weight excluding hydrogens is 410 g/mol. The fourth-order valence-electron chi connectivity index (χ4n) is 2.69. The van der Waals surface area contributed by atoms with Crippen LogP contribution >= 0.6 is 15.9 Å². The number of benzene rings is 2. The Morgan fingerprint density at radius 1 is 1.11 bits per heavy atom. The molecule has 0 fully saturated rings. The predicted molar refractivity (Wildman–Crippen MR) is 106 cm³/mol. The first kappa shape index (κ1) is 17.2. The molecule has 0 atom stereocenters. The van der Waals surface area contributed by atoms with Crippen LogP contribution < -0.4 is 10.9 Å². The fourth-order valence-corrected chi connectivity index (χ4v) is 2.95. The standard InChI is InChI=1S/C19H14BrN5O2/c20-14-4-1-12(2-5-14)16-7-8-19(27)25(24-16)11-18(26)22-15-6-3-13-10-21-23-17(13)9-15/h1-10H,11H2,(H,21,23)(H,22,26). The van der Waals surface area contributed by atoms with Crippen LogP contribution in [-0.4, -0.2) is 25.9 Å². The topological polar surface area (TPSA) is 92.7 Å². The molecule has 0 aliphatic heterocycles. The van der Waals surface area contributed by atoms with Crippen molar-refractivity contribution in [1.29, 1.82) is 0 Å². The monoisotopic (exact) mass is 423 g/mol. The Morgan fingerprint density at radius 3 is 2.74 bits per heavy atom. The highest BCUT2D eigenvalue weighted by molar-refractivity contribution is 9.10. The fraction of sp³-hybridized carbons (Fsp3) is 0.0526. The largest absolute Gasteiger partial charge is 0.324 e. The number of halogens is 1. The van der Waals surface area contributed by atoms with Gasteiger partial charge in [0.2, 0.25) is 5.91 Å². The summed E-state index contributed by atoms with van der Waals surface area (Å²) in [4.78, 5) is 24.4. The van der Waals surface area contributed by atoms with Gasteiger partial charge >= 0.3 is 0 Å². The second kappa shape index (κ2) is 7.16. The lowest BCUT2D eigenvalue weighted by atomic mass is 10.1. The Bertz CT molecular complexity index is 1180. The van der Waals surface area contributed by atoms with Crippen LogP contribution in [0.15, 0.2) is 70.1 Å². The van der Waals surface area contributed by atoms with Gasteiger partial charge in [0, 0.05) is 27.2 Å². The van der Waals surface area contributed by atoms with Gasteiger partial charge in [0.15, 0.2) is 0 Å². The van der Waals surface area contributed by atoms with E-state index in [-0.39, 0.29) is 18.0 Å². The number of rotatable bonds is 4. The average molecular weight is 424 g/mol. The molecule has 0 saturated heterocycles. The van der Waals surface area contributed by atoms with Crippen LogP contribution in [-0.2, 0) is 11.3 Å². The zero-order valence-corrected chi connectivity index (χ0v) is 15.6. The van der Waals surface area contributed by atoms with Crippen molar-refractivity contribution in [3.8, 4) is 11.3 Å². The maximum Gasteiger partial charge on any atom is 0.267 e. The number of nitrogens with one attached hydrogen (secondary N) is 2. The number of fused-ring (bicyclic) bond motifs is 1. The number of aromatic nitrogens is 4. The molecule has 0 saturated carbocycles. The Kier molecular flexibility index (Phi) is 4.55. The summed E-state index contributed by atoms with van der Waals surface area (Å²) >= 11 is 3.39. The molecule has 0 bridgehead atoms. The molecule has 2 N–H and O–H groups in total. The number of carbonyl (C=O) groups is 1. The first-order chi connectivity index (χ1) is 13.1. The molecule has 27 heavy (non-hydrogen) atoms. The summed E-state index contributed by atoms with van der Waals surface area (Å²) in [5, 5.41) is 14.8. The lowest BCUT2D eigenvalue weighted by molar-refractivity contribution is -0.117. The zero-order chi connectivity index (χ0) is 18.8. The third kappa shape index (κ3) is 3.80. The minimum absolute atomic E-state index is 0.176. The molecule has 134 valence electrons. The molecular formula is C19H14BrN5O2. The van der Waals surface area contributed by atoms with Crippen molar-refractivity contribution in [1.82, 2.24) is 20.0 Å². The van der Waals surface area contributed by atoms with E-state index in [1.807, 2.05) is 30.3 Å². The van der Waals surface area contributed by atoms with Crippen molar-refractivity contribution in [3.63, 3.8) is 0 Å². The lowest BCUT2D eigenvalue weighted by Crippen LogP contribution is -2.29. The highest BCUT2D eigenvalue weighted by atomic mass is 79.9. The van der Waals surface area contributed by atoms with Gasteiger partial charge in [-0.25, -0.2) is 4.68 Å². The molecule has 8 heteroatoms. The number of anilines is 1. The van der Waals surface area contributed by atoms with E-state index in [0.29, 0.717) is 11.4 Å². The van der Waals surface area contributed by atoms with Crippen LogP contribution in [0.5, 0.6) is 0 Å². The lowest BCUT2D eigenvalue weighted by Gasteiger charge is -2.08. The van der Waals surface area contributed by atoms with Crippen LogP contribution in [0.2, 0.25) is 0 Å². The SMILES string of the molecule is O=C(Cn1nc(-c2ccc(Br)cc2)ccc1=O)Nc1ccc2cn[nH]c2c1. The summed E-state index contributed by atoms with van der Waals surface area (Å²) in [7, 11) is 0. The summed E-state index contributed by atoms with van der Waals surface area (Å²) in [6, 6.07) is 16.0. The zero-order valence-electron chi connectivity index (χ0n) is 14.0. The summed E-state index contributed by atoms with van der Waals surface area (Å²) in [6.07, 6.45) is 1.71. The van der Waals surface area contributed by atoms with Crippen LogP contribution in [0.25, 0.3) is 22.2 Å². The first-order valence-corrected chi connectivity index (χ1v) is 8.95. The molecule has 7 nitrogen and oxygen atoms in total. The molecule has 0 radical (unpaired) electrons. The molecule has 1 amide bonds. The normalized spacial score (nSPS) is 10.9. The Hall–Kier alpha value is -3.26. The van der Waals surface area contributed by atoms with E-state index in [1.54, 1.807) is 24.4 Å². The molecule has 0 aliphatic carbocycles. The number of aromatic amines is 1. The number of nitrogens with zero attached hydrogens (tertiary/aromatic N) is 3. The van der Waals surface area contributed by atoms with Crippen LogP contribution in [0.1, 0.15) is 0 Å². The van der Waals surface area contributed by atoms with Gasteiger partial charge in [0.25, 0.3) is 5.56 Å². The van der Waals surface area contributed by atoms with Crippen LogP contribution in [0, 0.1) is 0 Å². The molecule has 4 rings (SSSR count). The van der Waals surface area contributed by atoms with Crippen molar-refractivity contribution in [2.24, 2.45) is 0 Å². The summed E-state index contributed by atoms with van der Waals surface area (Å²) in [5.41, 5.74) is 2.58. The summed E-state index contributed by atoms with van der Waals surface area (Å²) in [6.45, 7) is -0.176. The van der Waals surface area contributed by atoms with Crippen molar-refractivity contribution in [2.75, 3.05) is 5.32 Å². The van der Waals surface area contributed by atoms with Crippen molar-refractivity contribution in [3.05, 3.63) is 75.6 Å². The van der Waals surface area contributed by atoms with Gasteiger partial charge in [0.1, 0.15) is 6.54 Å². The third-order valence-electron chi connectivity index (χ3n) is 4.03. The Morgan fingerprint density at radius 2 is 1.93 bits per heavy atom. The van der Waals surface area contributed by atoms with Crippen molar-refractivity contribution >= 4 is 38.4 Å². The third-order valence-corrected chi connectivity index (χ3v) is 4.55. The number of carbonyl (C=O) groups excluding carboxylic acids is 1. The predicted octanol–water partition coefficient (Wildman–Crippen LogP) is 3.19. The molecule has 0 aliphatic rings. The van der Waals surface area contributed by atoms with Crippen LogP contribution in [0.4, 0.5) is 5.69 Å². The minimum Gasteiger partial charge on any atom is -0.324 e. The number of H-pyrrole nitrogens is 1. The maximum absolute atomic E-state index is 12.4. The molecule has 2 heterocycles. The number of amides is 1. The second-order valence-electron chi connectivity index (χ2n) is 5.94. The van der Waals surface area contributed by atoms with E-state index in [9.17, 15) is 9.59 Å². The summed E-state index contributed by atoms with van der Waals surface area (Å²) in [5.74, 6) is -0.337. The maximum atomic E-state index is 12.4. The molecule has 4 aromatic rings. The van der Waals surface area contributed by atoms with Gasteiger partial charge in [-0.05, 0) is 36.4 Å². The summed E-state index contributed by atoms with van der Waals surface area (Å²) < 4.78 is 2.11. The van der Waals surface area contributed by atoms with Gasteiger partial charge in [-0.1, -0.05) is 28.1 Å². The average Bonchev–Trinajstić information content (AvgIpc) is 3.12. The highest BCUT2D eigenvalue weighted by Crippen LogP contribution is 2.19. The number of hydrogen-bond donors (Lipinski definition) is 2. The molecule has 0 unspecified atom stereocenters. The molecule has 2 aromatic carbocycles. The van der Waals surface area contributed by atoms with E-state index in [0.717, 1.165) is 25.6 Å². The molecule has 2 aromatic heterocycles. The highest BCUT2D eigenvalue weighted by Gasteiger charge is 2.09. The minimum atomic E-state index is -0.338. The van der Waals surface area contributed by atoms with E-state index in [1.165, 1.54) is 6.07 Å². The van der Waals surface area contributed by atoms with E-state index in [2.05, 4.69) is 36.5 Å². The van der Waals surface area contributed by atoms with Gasteiger partial charge in [0.05, 0.1) is 17.4 Å². The van der Waals surface area contributed by atoms with Gasteiger partial charge < -0.3 is 5.32 Å². The second-order valence-corrected chi connectivity index (χ2v) is 6.86. The van der Waals surface area contributed by atoms with E-state index in [4.69, 9.17) is 0 Å². The van der Waals surface area contributed by atoms with Gasteiger partial charge in [-0.3, -0.25) is 14.7 Å². The van der Waals surface area contributed by atoms with Crippen molar-refractivity contribution in [2.45, 2.75) is 6.54 Å². The van der Waals surface area contributed by atoms with E-state index < -0.39 is 0 Å². The van der Waals surface area contributed by atoms with E-state index >= 15 is 0 Å². The first-order valence-electron chi connectivity index (χ1n) is 8.15. The number of hydrogen-bond acceptors (Lipinski definition) is 4. The quantitative estimate of drug-likeness (QED) is 0.526. The van der Waals surface area contributed by atoms with Crippen molar-refractivity contribution < 1.29 is 4.79 Å². The van der Waals surface area contributed by atoms with Gasteiger partial charge in [-0.2, -0.15) is 10.2 Å². The Balaban J connectivity index is 1.54. The van der Waals surface area contributed by atoms with Crippen LogP contribution in [0.3, 0.4) is 0 Å². The van der Waals surface area contributed by atoms with Gasteiger partial charge in [-0.15, -0.1) is 0 Å². The molecule has 0 spiro atoms.